The Balaban J connectivity index is 3.01. The summed E-state index contributed by atoms with van der Waals surface area (Å²) in [7, 11) is 0. The van der Waals surface area contributed by atoms with Crippen LogP contribution >= 0.6 is 15.9 Å². The van der Waals surface area contributed by atoms with Gasteiger partial charge in [0.2, 0.25) is 0 Å². The summed E-state index contributed by atoms with van der Waals surface area (Å²) in [5.74, 6) is 0. The maximum absolute atomic E-state index is 4.44. The van der Waals surface area contributed by atoms with Crippen LogP contribution in [0.5, 0.6) is 0 Å². The minimum Gasteiger partial charge on any atom is -0.270 e. The Kier molecular flexibility index (Phi) is 3.32. The lowest BCUT2D eigenvalue weighted by atomic mass is 10.1. The van der Waals surface area contributed by atoms with E-state index in [1.54, 1.807) is 0 Å². The molecule has 0 spiro atoms. The van der Waals surface area contributed by atoms with Gasteiger partial charge < -0.3 is 0 Å². The maximum atomic E-state index is 4.44. The van der Waals surface area contributed by atoms with Gasteiger partial charge in [0, 0.05) is 17.6 Å². The third-order valence-electron chi connectivity index (χ3n) is 2.18. The number of aromatic nitrogens is 2. The summed E-state index contributed by atoms with van der Waals surface area (Å²) in [6.07, 6.45) is 1.08. The average Bonchev–Trinajstić information content (AvgIpc) is 2.32. The van der Waals surface area contributed by atoms with Crippen molar-refractivity contribution < 1.29 is 0 Å². The molecule has 0 radical (unpaired) electrons. The normalized spacial score (nSPS) is 10.7. The third kappa shape index (κ3) is 1.71. The first-order chi connectivity index (χ1) is 5.70. The topological polar surface area (TPSA) is 17.8 Å². The van der Waals surface area contributed by atoms with E-state index in [0.717, 1.165) is 18.3 Å². The lowest BCUT2D eigenvalue weighted by Gasteiger charge is -1.99. The van der Waals surface area contributed by atoms with Crippen molar-refractivity contribution in [2.75, 3.05) is 5.33 Å². The van der Waals surface area contributed by atoms with Crippen LogP contribution in [0.3, 0.4) is 0 Å². The lowest BCUT2D eigenvalue weighted by molar-refractivity contribution is 0.633. The Labute approximate surface area is 82.1 Å². The number of rotatable bonds is 3. The summed E-state index contributed by atoms with van der Waals surface area (Å²) in [4.78, 5) is 0. The molecule has 2 nitrogen and oxygen atoms in total. The van der Waals surface area contributed by atoms with Crippen molar-refractivity contribution in [1.82, 2.24) is 9.78 Å². The summed E-state index contributed by atoms with van der Waals surface area (Å²) in [5.41, 5.74) is 3.89. The molecule has 0 N–H and O–H groups in total. The fourth-order valence-electron chi connectivity index (χ4n) is 1.50. The second kappa shape index (κ2) is 4.08. The van der Waals surface area contributed by atoms with Crippen LogP contribution in [0.25, 0.3) is 0 Å². The summed E-state index contributed by atoms with van der Waals surface area (Å²) >= 11 is 3.45. The highest BCUT2D eigenvalue weighted by atomic mass is 79.9. The van der Waals surface area contributed by atoms with Crippen LogP contribution in [0.1, 0.15) is 23.9 Å². The van der Waals surface area contributed by atoms with E-state index in [1.165, 1.54) is 17.0 Å². The van der Waals surface area contributed by atoms with Gasteiger partial charge in [-0.05, 0) is 32.8 Å². The van der Waals surface area contributed by atoms with Crippen molar-refractivity contribution in [3.8, 4) is 0 Å². The molecule has 0 fully saturated rings. The molecule has 0 saturated carbocycles. The predicted molar refractivity (Wildman–Crippen MR) is 54.9 cm³/mol. The summed E-state index contributed by atoms with van der Waals surface area (Å²) < 4.78 is 2.06. The number of hydrogen-bond acceptors (Lipinski definition) is 1. The first-order valence-electron chi connectivity index (χ1n) is 4.29. The molecule has 0 amide bonds. The molecule has 0 bridgehead atoms. The van der Waals surface area contributed by atoms with Gasteiger partial charge in [0.05, 0.1) is 5.69 Å². The lowest BCUT2D eigenvalue weighted by Crippen LogP contribution is -1.99. The van der Waals surface area contributed by atoms with Crippen molar-refractivity contribution in [1.29, 1.82) is 0 Å². The van der Waals surface area contributed by atoms with E-state index in [-0.39, 0.29) is 0 Å². The SMILES string of the molecule is CCn1nc(C)c(CCBr)c1C. The molecule has 0 aliphatic carbocycles. The Morgan fingerprint density at radius 1 is 1.42 bits per heavy atom. The van der Waals surface area contributed by atoms with Gasteiger partial charge in [-0.25, -0.2) is 0 Å². The number of nitrogens with zero attached hydrogens (tertiary/aromatic N) is 2. The maximum Gasteiger partial charge on any atom is 0.0628 e. The molecule has 68 valence electrons. The molecular weight excluding hydrogens is 216 g/mol. The van der Waals surface area contributed by atoms with E-state index in [0.29, 0.717) is 0 Å². The van der Waals surface area contributed by atoms with Gasteiger partial charge in [0.25, 0.3) is 0 Å². The van der Waals surface area contributed by atoms with E-state index in [2.05, 4.69) is 46.5 Å². The molecule has 0 aromatic carbocycles. The largest absolute Gasteiger partial charge is 0.270 e. The minimum atomic E-state index is 0.967. The van der Waals surface area contributed by atoms with Gasteiger partial charge >= 0.3 is 0 Å². The monoisotopic (exact) mass is 230 g/mol. The van der Waals surface area contributed by atoms with Crippen molar-refractivity contribution in [3.63, 3.8) is 0 Å². The van der Waals surface area contributed by atoms with Crippen molar-refractivity contribution in [2.45, 2.75) is 33.7 Å². The Morgan fingerprint density at radius 3 is 2.50 bits per heavy atom. The van der Waals surface area contributed by atoms with Crippen LogP contribution in [0.2, 0.25) is 0 Å². The van der Waals surface area contributed by atoms with Crippen molar-refractivity contribution in [2.24, 2.45) is 0 Å². The number of alkyl halides is 1. The van der Waals surface area contributed by atoms with E-state index >= 15 is 0 Å². The van der Waals surface area contributed by atoms with Crippen molar-refractivity contribution in [3.05, 3.63) is 17.0 Å². The van der Waals surface area contributed by atoms with Crippen LogP contribution in [-0.2, 0) is 13.0 Å². The van der Waals surface area contributed by atoms with Gasteiger partial charge in [0.15, 0.2) is 0 Å². The standard InChI is InChI=1S/C9H15BrN2/c1-4-12-8(3)9(5-6-10)7(2)11-12/h4-6H2,1-3H3. The molecule has 1 heterocycles. The Bertz CT molecular complexity index is 266. The van der Waals surface area contributed by atoms with Crippen LogP contribution in [0, 0.1) is 13.8 Å². The molecule has 1 aromatic rings. The number of aryl methyl sites for hydroxylation is 2. The molecule has 0 atom stereocenters. The van der Waals surface area contributed by atoms with Gasteiger partial charge in [-0.2, -0.15) is 5.10 Å². The summed E-state index contributed by atoms with van der Waals surface area (Å²) in [6.45, 7) is 7.31. The van der Waals surface area contributed by atoms with Gasteiger partial charge in [-0.3, -0.25) is 4.68 Å². The van der Waals surface area contributed by atoms with Crippen LogP contribution < -0.4 is 0 Å². The molecule has 12 heavy (non-hydrogen) atoms. The van der Waals surface area contributed by atoms with Gasteiger partial charge in [0.1, 0.15) is 0 Å². The van der Waals surface area contributed by atoms with E-state index in [9.17, 15) is 0 Å². The van der Waals surface area contributed by atoms with Gasteiger partial charge in [-0.1, -0.05) is 15.9 Å². The van der Waals surface area contributed by atoms with Crippen molar-refractivity contribution >= 4 is 15.9 Å². The molecular formula is C9H15BrN2. The third-order valence-corrected chi connectivity index (χ3v) is 2.57. The van der Waals surface area contributed by atoms with Crippen LogP contribution in [0.4, 0.5) is 0 Å². The quantitative estimate of drug-likeness (QED) is 0.730. The fraction of sp³-hybridized carbons (Fsp3) is 0.667. The Morgan fingerprint density at radius 2 is 2.08 bits per heavy atom. The Hall–Kier alpha value is -0.310. The molecule has 0 aliphatic rings. The molecule has 0 aliphatic heterocycles. The van der Waals surface area contributed by atoms with Crippen LogP contribution in [-0.4, -0.2) is 15.1 Å². The molecule has 3 heteroatoms. The molecule has 1 rings (SSSR count). The number of hydrogen-bond donors (Lipinski definition) is 0. The zero-order valence-corrected chi connectivity index (χ0v) is 9.48. The highest BCUT2D eigenvalue weighted by Gasteiger charge is 2.08. The second-order valence-electron chi connectivity index (χ2n) is 2.90. The highest BCUT2D eigenvalue weighted by Crippen LogP contribution is 2.14. The number of halogens is 1. The first kappa shape index (κ1) is 9.78. The summed E-state index contributed by atoms with van der Waals surface area (Å²) in [6, 6.07) is 0. The zero-order chi connectivity index (χ0) is 9.14. The average molecular weight is 231 g/mol. The predicted octanol–water partition coefficient (Wildman–Crippen LogP) is 2.46. The second-order valence-corrected chi connectivity index (χ2v) is 3.70. The highest BCUT2D eigenvalue weighted by molar-refractivity contribution is 9.09. The smallest absolute Gasteiger partial charge is 0.0628 e. The summed E-state index contributed by atoms with van der Waals surface area (Å²) in [5, 5.41) is 5.46. The van der Waals surface area contributed by atoms with E-state index in [4.69, 9.17) is 0 Å². The fourth-order valence-corrected chi connectivity index (χ4v) is 1.89. The zero-order valence-electron chi connectivity index (χ0n) is 7.89. The minimum absolute atomic E-state index is 0.967. The molecule has 0 saturated heterocycles. The van der Waals surface area contributed by atoms with Crippen LogP contribution in [0.15, 0.2) is 0 Å². The first-order valence-corrected chi connectivity index (χ1v) is 5.41. The van der Waals surface area contributed by atoms with E-state index < -0.39 is 0 Å². The molecule has 0 unspecified atom stereocenters. The van der Waals surface area contributed by atoms with E-state index in [1.807, 2.05) is 0 Å². The molecule has 1 aromatic heterocycles. The van der Waals surface area contributed by atoms with Gasteiger partial charge in [-0.15, -0.1) is 0 Å².